The van der Waals surface area contributed by atoms with E-state index in [1.807, 2.05) is 74.5 Å². The molecule has 1 amide bonds. The van der Waals surface area contributed by atoms with Gasteiger partial charge in [-0.05, 0) is 49.2 Å². The minimum Gasteiger partial charge on any atom is -0.354 e. The molecule has 0 radical (unpaired) electrons. The topological polar surface area (TPSA) is 90.9 Å². The highest BCUT2D eigenvalue weighted by atomic mass is 16.2. The number of hydrogen-bond acceptors (Lipinski definition) is 4. The van der Waals surface area contributed by atoms with E-state index in [4.69, 9.17) is 11.0 Å². The summed E-state index contributed by atoms with van der Waals surface area (Å²) in [7, 11) is 0. The minimum atomic E-state index is -0.429. The summed E-state index contributed by atoms with van der Waals surface area (Å²) in [5, 5.41) is 15.5. The van der Waals surface area contributed by atoms with Gasteiger partial charge in [0.05, 0.1) is 28.6 Å². The van der Waals surface area contributed by atoms with Crippen LogP contribution in [0.4, 0.5) is 11.4 Å². The molecule has 5 heteroatoms. The molecule has 1 aliphatic heterocycles. The Morgan fingerprint density at radius 2 is 1.73 bits per heavy atom. The number of nitrogens with one attached hydrogen (secondary N) is 2. The summed E-state index contributed by atoms with van der Waals surface area (Å²) in [6.07, 6.45) is 0. The molecular weight excluding hydrogens is 372 g/mol. The van der Waals surface area contributed by atoms with Crippen LogP contribution in [-0.4, -0.2) is 5.91 Å². The van der Waals surface area contributed by atoms with Gasteiger partial charge in [0.15, 0.2) is 0 Å². The van der Waals surface area contributed by atoms with Gasteiger partial charge in [-0.2, -0.15) is 5.26 Å². The van der Waals surface area contributed by atoms with Gasteiger partial charge in [-0.3, -0.25) is 4.79 Å². The second kappa shape index (κ2) is 7.51. The Kier molecular flexibility index (Phi) is 4.86. The number of amides is 1. The van der Waals surface area contributed by atoms with E-state index in [9.17, 15) is 4.79 Å². The fourth-order valence-electron chi connectivity index (χ4n) is 3.50. The van der Waals surface area contributed by atoms with Crippen LogP contribution in [0.25, 0.3) is 11.3 Å². The lowest BCUT2D eigenvalue weighted by molar-refractivity contribution is -0.110. The molecule has 148 valence electrons. The zero-order valence-electron chi connectivity index (χ0n) is 16.9. The maximum atomic E-state index is 12.9. The highest BCUT2D eigenvalue weighted by Crippen LogP contribution is 2.38. The lowest BCUT2D eigenvalue weighted by Gasteiger charge is -2.20. The highest BCUT2D eigenvalue weighted by molar-refractivity contribution is 6.37. The number of nitriles is 1. The average Bonchev–Trinajstić information content (AvgIpc) is 3.07. The maximum absolute atomic E-state index is 12.9. The van der Waals surface area contributed by atoms with Crippen molar-refractivity contribution in [1.29, 1.82) is 5.26 Å². The van der Waals surface area contributed by atoms with Crippen molar-refractivity contribution in [2.75, 3.05) is 10.6 Å². The Balaban J connectivity index is 1.83. The van der Waals surface area contributed by atoms with Crippen LogP contribution in [0.3, 0.4) is 0 Å². The third-order valence-electron chi connectivity index (χ3n) is 5.10. The molecule has 0 aliphatic carbocycles. The number of carbonyl (C=O) groups excluding carboxylic acids is 1. The molecule has 0 saturated carbocycles. The minimum absolute atomic E-state index is 0.203. The lowest BCUT2D eigenvalue weighted by atomic mass is 9.95. The van der Waals surface area contributed by atoms with Crippen molar-refractivity contribution in [2.45, 2.75) is 19.4 Å². The maximum Gasteiger partial charge on any atom is 0.258 e. The van der Waals surface area contributed by atoms with E-state index < -0.39 is 5.54 Å². The molecule has 1 aliphatic rings. The molecule has 0 unspecified atom stereocenters. The van der Waals surface area contributed by atoms with Crippen LogP contribution in [0, 0.1) is 11.3 Å². The Morgan fingerprint density at radius 3 is 2.37 bits per heavy atom. The Bertz CT molecular complexity index is 1180. The first-order chi connectivity index (χ1) is 14.4. The van der Waals surface area contributed by atoms with Crippen LogP contribution in [0.15, 0.2) is 72.8 Å². The summed E-state index contributed by atoms with van der Waals surface area (Å²) in [6, 6.07) is 24.9. The van der Waals surface area contributed by atoms with E-state index in [1.165, 1.54) is 0 Å². The highest BCUT2D eigenvalue weighted by Gasteiger charge is 2.28. The quantitative estimate of drug-likeness (QED) is 0.560. The number of benzene rings is 3. The van der Waals surface area contributed by atoms with Gasteiger partial charge in [0.2, 0.25) is 0 Å². The van der Waals surface area contributed by atoms with Gasteiger partial charge in [0.25, 0.3) is 5.91 Å². The third kappa shape index (κ3) is 3.69. The van der Waals surface area contributed by atoms with Crippen LogP contribution in [0.5, 0.6) is 0 Å². The molecule has 0 saturated heterocycles. The predicted molar refractivity (Wildman–Crippen MR) is 120 cm³/mol. The van der Waals surface area contributed by atoms with Gasteiger partial charge < -0.3 is 16.4 Å². The molecule has 0 fully saturated rings. The smallest absolute Gasteiger partial charge is 0.258 e. The molecule has 0 spiro atoms. The van der Waals surface area contributed by atoms with Crippen LogP contribution in [0.1, 0.15) is 36.1 Å². The van der Waals surface area contributed by atoms with Crippen LogP contribution < -0.4 is 16.4 Å². The first kappa shape index (κ1) is 19.4. The summed E-state index contributed by atoms with van der Waals surface area (Å²) >= 11 is 0. The second-order valence-corrected chi connectivity index (χ2v) is 7.87. The van der Waals surface area contributed by atoms with Gasteiger partial charge in [-0.25, -0.2) is 0 Å². The molecule has 3 aromatic rings. The van der Waals surface area contributed by atoms with Crippen molar-refractivity contribution in [1.82, 2.24) is 0 Å². The molecule has 0 atom stereocenters. The Labute approximate surface area is 175 Å². The number of hydrogen-bond donors (Lipinski definition) is 3. The third-order valence-corrected chi connectivity index (χ3v) is 5.10. The number of fused-ring (bicyclic) bond motifs is 1. The lowest BCUT2D eigenvalue weighted by Crippen LogP contribution is -2.28. The van der Waals surface area contributed by atoms with Crippen molar-refractivity contribution in [3.8, 4) is 6.07 Å². The van der Waals surface area contributed by atoms with Crippen LogP contribution >= 0.6 is 0 Å². The first-order valence-electron chi connectivity index (χ1n) is 9.69. The largest absolute Gasteiger partial charge is 0.354 e. The van der Waals surface area contributed by atoms with Crippen molar-refractivity contribution < 1.29 is 4.79 Å². The van der Waals surface area contributed by atoms with E-state index in [0.717, 1.165) is 22.4 Å². The number of carbonyl (C=O) groups is 1. The molecule has 0 bridgehead atoms. The normalized spacial score (nSPS) is 14.5. The van der Waals surface area contributed by atoms with Crippen molar-refractivity contribution in [2.24, 2.45) is 5.73 Å². The molecule has 0 aromatic heterocycles. The number of nitrogens with two attached hydrogens (primary N) is 1. The molecular formula is C25H22N4O. The SMILES string of the molecule is CC(C)(N)c1ccc(N/C(=C2\C(=O)Nc3cc(C#N)ccc32)c2ccccc2)cc1. The second-order valence-electron chi connectivity index (χ2n) is 7.87. The molecule has 3 aromatic carbocycles. The zero-order chi connectivity index (χ0) is 21.3. The number of nitrogens with zero attached hydrogens (tertiary/aromatic N) is 1. The summed E-state index contributed by atoms with van der Waals surface area (Å²) in [5.74, 6) is -0.203. The van der Waals surface area contributed by atoms with Crippen molar-refractivity contribution in [3.05, 3.63) is 95.1 Å². The predicted octanol–water partition coefficient (Wildman–Crippen LogP) is 4.68. The van der Waals surface area contributed by atoms with Crippen LogP contribution in [-0.2, 0) is 10.3 Å². The van der Waals surface area contributed by atoms with Crippen molar-refractivity contribution >= 4 is 28.6 Å². The van der Waals surface area contributed by atoms with Gasteiger partial charge in [-0.1, -0.05) is 48.5 Å². The molecule has 5 nitrogen and oxygen atoms in total. The number of anilines is 2. The summed E-state index contributed by atoms with van der Waals surface area (Å²) in [4.78, 5) is 12.9. The summed E-state index contributed by atoms with van der Waals surface area (Å²) in [6.45, 7) is 3.92. The van der Waals surface area contributed by atoms with Gasteiger partial charge in [0.1, 0.15) is 0 Å². The first-order valence-corrected chi connectivity index (χ1v) is 9.69. The van der Waals surface area contributed by atoms with E-state index in [0.29, 0.717) is 22.5 Å². The van der Waals surface area contributed by atoms with E-state index in [2.05, 4.69) is 16.7 Å². The number of rotatable bonds is 4. The standard InChI is InChI=1S/C25H22N4O/c1-25(2,27)18-9-11-19(12-10-18)28-23(17-6-4-3-5-7-17)22-20-13-8-16(15-26)14-21(20)29-24(22)30/h3-14,28H,27H2,1-2H3,(H,29,30)/b23-22-. The van der Waals surface area contributed by atoms with Crippen LogP contribution in [0.2, 0.25) is 0 Å². The van der Waals surface area contributed by atoms with E-state index in [1.54, 1.807) is 12.1 Å². The van der Waals surface area contributed by atoms with Gasteiger partial charge in [0, 0.05) is 16.8 Å². The van der Waals surface area contributed by atoms with Gasteiger partial charge >= 0.3 is 0 Å². The van der Waals surface area contributed by atoms with E-state index >= 15 is 0 Å². The fourth-order valence-corrected chi connectivity index (χ4v) is 3.50. The summed E-state index contributed by atoms with van der Waals surface area (Å²) < 4.78 is 0. The Morgan fingerprint density at radius 1 is 1.03 bits per heavy atom. The summed E-state index contributed by atoms with van der Waals surface area (Å²) in [5.41, 5.74) is 11.7. The van der Waals surface area contributed by atoms with Gasteiger partial charge in [-0.15, -0.1) is 0 Å². The molecule has 4 N–H and O–H groups in total. The van der Waals surface area contributed by atoms with Crippen molar-refractivity contribution in [3.63, 3.8) is 0 Å². The Hall–Kier alpha value is -3.88. The molecule has 30 heavy (non-hydrogen) atoms. The molecule has 1 heterocycles. The monoisotopic (exact) mass is 394 g/mol. The van der Waals surface area contributed by atoms with E-state index in [-0.39, 0.29) is 5.91 Å². The average molecular weight is 394 g/mol. The fraction of sp³-hybridized carbons (Fsp3) is 0.120. The molecule has 4 rings (SSSR count). The zero-order valence-corrected chi connectivity index (χ0v) is 16.9.